The second-order valence-electron chi connectivity index (χ2n) is 7.42. The number of hydrogen-bond acceptors (Lipinski definition) is 4. The quantitative estimate of drug-likeness (QED) is 0.832. The largest absolute Gasteiger partial charge is 0.381 e. The lowest BCUT2D eigenvalue weighted by molar-refractivity contribution is -0.137. The van der Waals surface area contributed by atoms with Crippen LogP contribution in [0, 0.1) is 11.8 Å². The summed E-state index contributed by atoms with van der Waals surface area (Å²) < 4.78 is 5.50. The Morgan fingerprint density at radius 2 is 2.21 bits per heavy atom. The van der Waals surface area contributed by atoms with Gasteiger partial charge in [0.1, 0.15) is 5.82 Å². The van der Waals surface area contributed by atoms with E-state index < -0.39 is 0 Å². The summed E-state index contributed by atoms with van der Waals surface area (Å²) >= 11 is 0. The van der Waals surface area contributed by atoms with E-state index in [1.54, 1.807) is 0 Å². The lowest BCUT2D eigenvalue weighted by Gasteiger charge is -2.36. The molecule has 1 aromatic heterocycles. The lowest BCUT2D eigenvalue weighted by atomic mass is 9.95. The highest BCUT2D eigenvalue weighted by Crippen LogP contribution is 2.32. The van der Waals surface area contributed by atoms with Crippen molar-refractivity contribution in [1.82, 2.24) is 9.88 Å². The number of rotatable bonds is 5. The highest BCUT2D eigenvalue weighted by Gasteiger charge is 2.38. The molecule has 2 saturated heterocycles. The summed E-state index contributed by atoms with van der Waals surface area (Å²) in [6.07, 6.45) is 7.36. The van der Waals surface area contributed by atoms with Crippen LogP contribution in [0.25, 0.3) is 0 Å². The Hall–Kier alpha value is -1.62. The third-order valence-electron chi connectivity index (χ3n) is 5.49. The predicted octanol–water partition coefficient (Wildman–Crippen LogP) is 2.33. The molecule has 0 spiro atoms. The molecule has 0 aromatic carbocycles. The molecule has 5 heteroatoms. The molecule has 2 aliphatic heterocycles. The molecule has 3 heterocycles. The number of carbonyl (C=O) groups is 1. The van der Waals surface area contributed by atoms with E-state index in [9.17, 15) is 4.79 Å². The standard InChI is InChI=1S/C19H27N3O2/c23-19(22(17-6-7-17)12-15-8-11-24-14-15)16-4-3-10-21(13-16)18-5-1-2-9-20-18/h1-2,5,9,15-17H,3-4,6-8,10-14H2/t15-,16+/m0/s1. The van der Waals surface area contributed by atoms with Gasteiger partial charge in [0.2, 0.25) is 5.91 Å². The average molecular weight is 329 g/mol. The van der Waals surface area contributed by atoms with Crippen LogP contribution in [0.3, 0.4) is 0 Å². The normalized spacial score (nSPS) is 27.2. The zero-order valence-corrected chi connectivity index (χ0v) is 14.3. The van der Waals surface area contributed by atoms with E-state index in [1.165, 1.54) is 12.8 Å². The first-order valence-electron chi connectivity index (χ1n) is 9.35. The van der Waals surface area contributed by atoms with Gasteiger partial charge in [0.05, 0.1) is 12.5 Å². The number of carbonyl (C=O) groups excluding carboxylic acids is 1. The second kappa shape index (κ2) is 7.09. The van der Waals surface area contributed by atoms with E-state index in [0.717, 1.165) is 57.9 Å². The zero-order valence-electron chi connectivity index (χ0n) is 14.3. The number of ether oxygens (including phenoxy) is 1. The van der Waals surface area contributed by atoms with Gasteiger partial charge in [-0.05, 0) is 44.2 Å². The molecule has 0 bridgehead atoms. The van der Waals surface area contributed by atoms with E-state index >= 15 is 0 Å². The van der Waals surface area contributed by atoms with Gasteiger partial charge in [-0.3, -0.25) is 4.79 Å². The van der Waals surface area contributed by atoms with Crippen molar-refractivity contribution in [1.29, 1.82) is 0 Å². The van der Waals surface area contributed by atoms with Crippen LogP contribution in [0.5, 0.6) is 0 Å². The maximum atomic E-state index is 13.2. The Bertz CT molecular complexity index is 555. The van der Waals surface area contributed by atoms with Crippen molar-refractivity contribution < 1.29 is 9.53 Å². The molecule has 5 nitrogen and oxygen atoms in total. The van der Waals surface area contributed by atoms with Gasteiger partial charge in [0, 0.05) is 44.4 Å². The molecule has 1 aliphatic carbocycles. The van der Waals surface area contributed by atoms with Gasteiger partial charge in [0.15, 0.2) is 0 Å². The molecule has 3 fully saturated rings. The van der Waals surface area contributed by atoms with Crippen LogP contribution in [-0.2, 0) is 9.53 Å². The van der Waals surface area contributed by atoms with Crippen LogP contribution in [0.15, 0.2) is 24.4 Å². The van der Waals surface area contributed by atoms with Crippen LogP contribution < -0.4 is 4.90 Å². The number of amides is 1. The third kappa shape index (κ3) is 3.56. The summed E-state index contributed by atoms with van der Waals surface area (Å²) in [5.74, 6) is 2.01. The molecule has 1 amide bonds. The van der Waals surface area contributed by atoms with Gasteiger partial charge in [-0.1, -0.05) is 6.07 Å². The van der Waals surface area contributed by atoms with E-state index in [4.69, 9.17) is 4.74 Å². The van der Waals surface area contributed by atoms with Crippen molar-refractivity contribution >= 4 is 11.7 Å². The molecular weight excluding hydrogens is 302 g/mol. The number of nitrogens with zero attached hydrogens (tertiary/aromatic N) is 3. The number of anilines is 1. The van der Waals surface area contributed by atoms with E-state index in [0.29, 0.717) is 17.9 Å². The molecule has 3 aliphatic rings. The summed E-state index contributed by atoms with van der Waals surface area (Å²) in [5, 5.41) is 0. The van der Waals surface area contributed by atoms with Crippen LogP contribution in [-0.4, -0.2) is 54.7 Å². The van der Waals surface area contributed by atoms with Gasteiger partial charge >= 0.3 is 0 Å². The highest BCUT2D eigenvalue weighted by molar-refractivity contribution is 5.80. The van der Waals surface area contributed by atoms with Gasteiger partial charge in [-0.15, -0.1) is 0 Å². The van der Waals surface area contributed by atoms with E-state index in [2.05, 4.69) is 14.8 Å². The van der Waals surface area contributed by atoms with Gasteiger partial charge in [-0.2, -0.15) is 0 Å². The fraction of sp³-hybridized carbons (Fsp3) is 0.684. The summed E-state index contributed by atoms with van der Waals surface area (Å²) in [7, 11) is 0. The summed E-state index contributed by atoms with van der Waals surface area (Å²) in [6.45, 7) is 4.37. The number of pyridine rings is 1. The minimum absolute atomic E-state index is 0.115. The molecule has 1 aromatic rings. The van der Waals surface area contributed by atoms with Crippen molar-refractivity contribution in [3.8, 4) is 0 Å². The van der Waals surface area contributed by atoms with E-state index in [1.807, 2.05) is 24.4 Å². The first kappa shape index (κ1) is 15.9. The first-order valence-corrected chi connectivity index (χ1v) is 9.35. The number of aromatic nitrogens is 1. The minimum atomic E-state index is 0.115. The molecular formula is C19H27N3O2. The first-order chi connectivity index (χ1) is 11.8. The Kier molecular flexibility index (Phi) is 4.69. The number of hydrogen-bond donors (Lipinski definition) is 0. The molecule has 130 valence electrons. The molecule has 4 rings (SSSR count). The maximum absolute atomic E-state index is 13.2. The monoisotopic (exact) mass is 329 g/mol. The maximum Gasteiger partial charge on any atom is 0.227 e. The Labute approximate surface area is 144 Å². The molecule has 0 radical (unpaired) electrons. The second-order valence-corrected chi connectivity index (χ2v) is 7.42. The van der Waals surface area contributed by atoms with Gasteiger partial charge in [0.25, 0.3) is 0 Å². The highest BCUT2D eigenvalue weighted by atomic mass is 16.5. The SMILES string of the molecule is O=C([C@@H]1CCCN(c2ccccn2)C1)N(C[C@@H]1CCOC1)C1CC1. The Morgan fingerprint density at radius 3 is 2.92 bits per heavy atom. The topological polar surface area (TPSA) is 45.7 Å². The molecule has 0 unspecified atom stereocenters. The lowest BCUT2D eigenvalue weighted by Crippen LogP contribution is -2.47. The molecule has 0 N–H and O–H groups in total. The van der Waals surface area contributed by atoms with Crippen LogP contribution in [0.2, 0.25) is 0 Å². The van der Waals surface area contributed by atoms with Gasteiger partial charge < -0.3 is 14.5 Å². The summed E-state index contributed by atoms with van der Waals surface area (Å²) in [6, 6.07) is 6.49. The van der Waals surface area contributed by atoms with Crippen molar-refractivity contribution in [3.05, 3.63) is 24.4 Å². The van der Waals surface area contributed by atoms with Crippen molar-refractivity contribution in [3.63, 3.8) is 0 Å². The summed E-state index contributed by atoms with van der Waals surface area (Å²) in [4.78, 5) is 22.1. The van der Waals surface area contributed by atoms with Crippen molar-refractivity contribution in [2.24, 2.45) is 11.8 Å². The zero-order chi connectivity index (χ0) is 16.4. The van der Waals surface area contributed by atoms with E-state index in [-0.39, 0.29) is 5.92 Å². The average Bonchev–Trinajstić information content (AvgIpc) is 3.36. The Balaban J connectivity index is 1.42. The third-order valence-corrected chi connectivity index (χ3v) is 5.49. The molecule has 24 heavy (non-hydrogen) atoms. The summed E-state index contributed by atoms with van der Waals surface area (Å²) in [5.41, 5.74) is 0. The number of piperidine rings is 1. The fourth-order valence-electron chi connectivity index (χ4n) is 3.97. The molecule has 2 atom stereocenters. The van der Waals surface area contributed by atoms with Gasteiger partial charge in [-0.25, -0.2) is 4.98 Å². The predicted molar refractivity (Wildman–Crippen MR) is 92.8 cm³/mol. The van der Waals surface area contributed by atoms with Crippen LogP contribution in [0.4, 0.5) is 5.82 Å². The molecule has 1 saturated carbocycles. The Morgan fingerprint density at radius 1 is 1.29 bits per heavy atom. The van der Waals surface area contributed by atoms with Crippen molar-refractivity contribution in [2.75, 3.05) is 37.7 Å². The van der Waals surface area contributed by atoms with Crippen LogP contribution >= 0.6 is 0 Å². The smallest absolute Gasteiger partial charge is 0.227 e. The minimum Gasteiger partial charge on any atom is -0.381 e. The fourth-order valence-corrected chi connectivity index (χ4v) is 3.97. The van der Waals surface area contributed by atoms with Crippen LogP contribution in [0.1, 0.15) is 32.1 Å². The van der Waals surface area contributed by atoms with Crippen molar-refractivity contribution in [2.45, 2.75) is 38.1 Å².